The molecule has 0 heterocycles. The standard InChI is InChI=1S/C24H25F3N2O6/c1-2-3-13-34-23(33)16-7-9-18(10-8-16)28-20(30)11-12-22(32)35-15-21(31)29-19-6-4-5-17(14-19)24(25,26)27/h4-10,14H,2-3,11-13,15H2,1H3,(H,28,30)(H,29,31). The highest BCUT2D eigenvalue weighted by atomic mass is 19.4. The fourth-order valence-electron chi connectivity index (χ4n) is 2.71. The Morgan fingerprint density at radius 2 is 1.54 bits per heavy atom. The summed E-state index contributed by atoms with van der Waals surface area (Å²) in [4.78, 5) is 47.5. The van der Waals surface area contributed by atoms with Gasteiger partial charge in [-0.3, -0.25) is 14.4 Å². The van der Waals surface area contributed by atoms with Crippen LogP contribution in [0.15, 0.2) is 48.5 Å². The summed E-state index contributed by atoms with van der Waals surface area (Å²) < 4.78 is 48.0. The molecule has 0 aliphatic rings. The van der Waals surface area contributed by atoms with Gasteiger partial charge in [-0.2, -0.15) is 13.2 Å². The number of esters is 2. The zero-order valence-electron chi connectivity index (χ0n) is 18.9. The lowest BCUT2D eigenvalue weighted by Crippen LogP contribution is -2.22. The lowest BCUT2D eigenvalue weighted by atomic mass is 10.2. The molecular formula is C24H25F3N2O6. The van der Waals surface area contributed by atoms with Crippen LogP contribution in [0.5, 0.6) is 0 Å². The number of benzene rings is 2. The van der Waals surface area contributed by atoms with E-state index >= 15 is 0 Å². The van der Waals surface area contributed by atoms with Crippen LogP contribution in [0.3, 0.4) is 0 Å². The highest BCUT2D eigenvalue weighted by molar-refractivity contribution is 5.95. The summed E-state index contributed by atoms with van der Waals surface area (Å²) in [5.41, 5.74) is -0.277. The van der Waals surface area contributed by atoms with Gasteiger partial charge in [-0.15, -0.1) is 0 Å². The molecule has 0 aliphatic heterocycles. The summed E-state index contributed by atoms with van der Waals surface area (Å²) >= 11 is 0. The van der Waals surface area contributed by atoms with Gasteiger partial charge in [-0.1, -0.05) is 19.4 Å². The number of amides is 2. The van der Waals surface area contributed by atoms with Crippen LogP contribution in [-0.4, -0.2) is 37.0 Å². The summed E-state index contributed by atoms with van der Waals surface area (Å²) in [7, 11) is 0. The zero-order chi connectivity index (χ0) is 25.8. The average molecular weight is 494 g/mol. The molecule has 0 aliphatic carbocycles. The van der Waals surface area contributed by atoms with Gasteiger partial charge in [0, 0.05) is 17.8 Å². The second-order valence-corrected chi connectivity index (χ2v) is 7.40. The van der Waals surface area contributed by atoms with Crippen LogP contribution < -0.4 is 10.6 Å². The molecule has 2 amide bonds. The van der Waals surface area contributed by atoms with Crippen molar-refractivity contribution in [2.24, 2.45) is 0 Å². The molecule has 0 radical (unpaired) electrons. The predicted molar refractivity (Wildman–Crippen MR) is 121 cm³/mol. The number of hydrogen-bond donors (Lipinski definition) is 2. The topological polar surface area (TPSA) is 111 Å². The van der Waals surface area contributed by atoms with Crippen LogP contribution in [0.1, 0.15) is 48.5 Å². The summed E-state index contributed by atoms with van der Waals surface area (Å²) in [6, 6.07) is 10.1. The molecule has 35 heavy (non-hydrogen) atoms. The number of alkyl halides is 3. The number of anilines is 2. The van der Waals surface area contributed by atoms with Crippen LogP contribution in [0.2, 0.25) is 0 Å². The number of halogens is 3. The SMILES string of the molecule is CCCCOC(=O)c1ccc(NC(=O)CCC(=O)OCC(=O)Nc2cccc(C(F)(F)F)c2)cc1. The summed E-state index contributed by atoms with van der Waals surface area (Å²) in [5.74, 6) is -2.61. The lowest BCUT2D eigenvalue weighted by Gasteiger charge is -2.10. The van der Waals surface area contributed by atoms with E-state index in [0.717, 1.165) is 31.0 Å². The third kappa shape index (κ3) is 9.86. The molecule has 2 rings (SSSR count). The monoisotopic (exact) mass is 494 g/mol. The van der Waals surface area contributed by atoms with Crippen molar-refractivity contribution in [2.75, 3.05) is 23.8 Å². The maximum atomic E-state index is 12.7. The fraction of sp³-hybridized carbons (Fsp3) is 0.333. The van der Waals surface area contributed by atoms with Crippen molar-refractivity contribution in [1.82, 2.24) is 0 Å². The average Bonchev–Trinajstić information content (AvgIpc) is 2.81. The van der Waals surface area contributed by atoms with Gasteiger partial charge >= 0.3 is 18.1 Å². The van der Waals surface area contributed by atoms with E-state index in [1.165, 1.54) is 30.3 Å². The molecule has 0 spiro atoms. The molecule has 0 bridgehead atoms. The molecule has 0 saturated heterocycles. The highest BCUT2D eigenvalue weighted by Crippen LogP contribution is 2.30. The van der Waals surface area contributed by atoms with Gasteiger partial charge in [0.15, 0.2) is 6.61 Å². The quantitative estimate of drug-likeness (QED) is 0.350. The first-order valence-electron chi connectivity index (χ1n) is 10.8. The molecular weight excluding hydrogens is 469 g/mol. The van der Waals surface area contributed by atoms with Gasteiger partial charge in [0.2, 0.25) is 5.91 Å². The largest absolute Gasteiger partial charge is 0.462 e. The fourth-order valence-corrected chi connectivity index (χ4v) is 2.71. The van der Waals surface area contributed by atoms with E-state index < -0.39 is 42.1 Å². The van der Waals surface area contributed by atoms with E-state index in [9.17, 15) is 32.3 Å². The van der Waals surface area contributed by atoms with Gasteiger partial charge in [0.1, 0.15) is 0 Å². The first-order valence-corrected chi connectivity index (χ1v) is 10.8. The summed E-state index contributed by atoms with van der Waals surface area (Å²) in [6.07, 6.45) is -3.43. The maximum absolute atomic E-state index is 12.7. The van der Waals surface area contributed by atoms with Gasteiger partial charge in [0.25, 0.3) is 5.91 Å². The van der Waals surface area contributed by atoms with Gasteiger partial charge in [0.05, 0.1) is 24.2 Å². The third-order valence-electron chi connectivity index (χ3n) is 4.53. The molecule has 8 nitrogen and oxygen atoms in total. The van der Waals surface area contributed by atoms with Crippen molar-refractivity contribution < 1.29 is 41.8 Å². The first-order chi connectivity index (χ1) is 16.6. The van der Waals surface area contributed by atoms with Crippen LogP contribution in [0.25, 0.3) is 0 Å². The zero-order valence-corrected chi connectivity index (χ0v) is 18.9. The van der Waals surface area contributed by atoms with E-state index in [2.05, 4.69) is 10.6 Å². The molecule has 188 valence electrons. The van der Waals surface area contributed by atoms with E-state index in [-0.39, 0.29) is 18.5 Å². The second-order valence-electron chi connectivity index (χ2n) is 7.40. The Balaban J connectivity index is 1.71. The number of carbonyl (C=O) groups excluding carboxylic acids is 4. The Labute approximate surface area is 199 Å². The Hall–Kier alpha value is -3.89. The van der Waals surface area contributed by atoms with Crippen molar-refractivity contribution in [3.63, 3.8) is 0 Å². The van der Waals surface area contributed by atoms with Gasteiger partial charge in [-0.25, -0.2) is 4.79 Å². The molecule has 11 heteroatoms. The molecule has 0 fully saturated rings. The minimum Gasteiger partial charge on any atom is -0.462 e. The molecule has 2 aromatic rings. The van der Waals surface area contributed by atoms with E-state index in [1.54, 1.807) is 0 Å². The minimum atomic E-state index is -4.56. The van der Waals surface area contributed by atoms with Gasteiger partial charge < -0.3 is 20.1 Å². The molecule has 2 aromatic carbocycles. The third-order valence-corrected chi connectivity index (χ3v) is 4.53. The normalized spacial score (nSPS) is 10.9. The molecule has 0 unspecified atom stereocenters. The minimum absolute atomic E-state index is 0.0968. The number of hydrogen-bond acceptors (Lipinski definition) is 6. The van der Waals surface area contributed by atoms with Crippen molar-refractivity contribution in [1.29, 1.82) is 0 Å². The van der Waals surface area contributed by atoms with Crippen LogP contribution in [-0.2, 0) is 30.0 Å². The summed E-state index contributed by atoms with van der Waals surface area (Å²) in [5, 5.41) is 4.77. The Morgan fingerprint density at radius 3 is 2.20 bits per heavy atom. The Bertz CT molecular complexity index is 1040. The van der Waals surface area contributed by atoms with Crippen molar-refractivity contribution in [3.05, 3.63) is 59.7 Å². The first kappa shape index (κ1) is 27.4. The van der Waals surface area contributed by atoms with Crippen LogP contribution >= 0.6 is 0 Å². The van der Waals surface area contributed by atoms with E-state index in [0.29, 0.717) is 17.9 Å². The van der Waals surface area contributed by atoms with E-state index in [4.69, 9.17) is 9.47 Å². The Morgan fingerprint density at radius 1 is 0.857 bits per heavy atom. The van der Waals surface area contributed by atoms with Crippen LogP contribution in [0, 0.1) is 0 Å². The predicted octanol–water partition coefficient (Wildman–Crippen LogP) is 4.56. The molecule has 0 aromatic heterocycles. The lowest BCUT2D eigenvalue weighted by molar-refractivity contribution is -0.147. The van der Waals surface area contributed by atoms with Gasteiger partial charge in [-0.05, 0) is 48.9 Å². The van der Waals surface area contributed by atoms with Crippen LogP contribution in [0.4, 0.5) is 24.5 Å². The van der Waals surface area contributed by atoms with Crippen molar-refractivity contribution in [3.8, 4) is 0 Å². The highest BCUT2D eigenvalue weighted by Gasteiger charge is 2.30. The van der Waals surface area contributed by atoms with E-state index in [1.807, 2.05) is 6.92 Å². The molecule has 0 atom stereocenters. The smallest absolute Gasteiger partial charge is 0.416 e. The number of nitrogens with one attached hydrogen (secondary N) is 2. The summed E-state index contributed by atoms with van der Waals surface area (Å²) in [6.45, 7) is 1.59. The van der Waals surface area contributed by atoms with Crippen molar-refractivity contribution in [2.45, 2.75) is 38.8 Å². The molecule has 0 saturated carbocycles. The maximum Gasteiger partial charge on any atom is 0.416 e. The number of rotatable bonds is 11. The number of ether oxygens (including phenoxy) is 2. The second kappa shape index (κ2) is 13.1. The number of carbonyl (C=O) groups is 4. The van der Waals surface area contributed by atoms with Crippen molar-refractivity contribution >= 4 is 35.1 Å². The Kier molecular flexibility index (Phi) is 10.2. The molecule has 2 N–H and O–H groups in total. The number of unbranched alkanes of at least 4 members (excludes halogenated alkanes) is 1.